The number of aliphatic hydroxyl groups is 1. The zero-order valence-electron chi connectivity index (χ0n) is 24.6. The van der Waals surface area contributed by atoms with Crippen LogP contribution in [0, 0.1) is 31.6 Å². The molecule has 3 fully saturated rings. The van der Waals surface area contributed by atoms with Crippen molar-refractivity contribution < 1.29 is 24.2 Å². The molecule has 1 aromatic carbocycles. The van der Waals surface area contributed by atoms with Crippen LogP contribution in [0.25, 0.3) is 0 Å². The number of unbranched alkanes of at least 4 members (excludes halogenated alkanes) is 1. The highest BCUT2D eigenvalue weighted by atomic mass is 79.9. The number of carbonyl (C=O) groups is 3. The predicted octanol–water partition coefficient (Wildman–Crippen LogP) is 5.20. The molecule has 224 valence electrons. The molecule has 0 radical (unpaired) electrons. The van der Waals surface area contributed by atoms with E-state index in [4.69, 9.17) is 4.74 Å². The van der Waals surface area contributed by atoms with E-state index < -0.39 is 28.7 Å². The molecule has 0 aromatic heterocycles. The van der Waals surface area contributed by atoms with Crippen molar-refractivity contribution in [3.63, 3.8) is 0 Å². The lowest BCUT2D eigenvalue weighted by Gasteiger charge is -2.40. The molecule has 0 aliphatic carbocycles. The summed E-state index contributed by atoms with van der Waals surface area (Å²) in [4.78, 5) is 46.3. The van der Waals surface area contributed by atoms with Gasteiger partial charge in [0.25, 0.3) is 5.91 Å². The predicted molar refractivity (Wildman–Crippen MR) is 168 cm³/mol. The van der Waals surface area contributed by atoms with E-state index in [1.807, 2.05) is 45.9 Å². The fourth-order valence-electron chi connectivity index (χ4n) is 7.13. The number of anilines is 1. The summed E-state index contributed by atoms with van der Waals surface area (Å²) in [5.74, 6) is -1.99. The average Bonchev–Trinajstić information content (AvgIpc) is 3.52. The third-order valence-corrected chi connectivity index (χ3v) is 11.9. The number of thioether (sulfide) groups is 1. The molecular formula is C32H43BrN2O5S. The molecule has 3 unspecified atom stereocenters. The highest BCUT2D eigenvalue weighted by Gasteiger charge is 2.76. The van der Waals surface area contributed by atoms with Gasteiger partial charge >= 0.3 is 5.97 Å². The number of likely N-dealkylation sites (tertiary alicyclic amines) is 1. The third kappa shape index (κ3) is 5.66. The molecule has 2 bridgehead atoms. The number of ether oxygens (including phenoxy) is 1. The minimum Gasteiger partial charge on any atom is -0.465 e. The fourth-order valence-corrected chi connectivity index (χ4v) is 10.7. The van der Waals surface area contributed by atoms with E-state index in [2.05, 4.69) is 29.1 Å². The topological polar surface area (TPSA) is 87.2 Å². The minimum atomic E-state index is -0.844. The molecule has 3 aliphatic rings. The smallest absolute Gasteiger partial charge is 0.310 e. The number of fused-ring (bicyclic) bond motifs is 1. The number of amides is 2. The van der Waals surface area contributed by atoms with Crippen molar-refractivity contribution in [3.8, 4) is 0 Å². The molecule has 7 atom stereocenters. The zero-order chi connectivity index (χ0) is 30.1. The van der Waals surface area contributed by atoms with Crippen molar-refractivity contribution in [2.24, 2.45) is 17.8 Å². The summed E-state index contributed by atoms with van der Waals surface area (Å²) in [6.07, 6.45) is 6.00. The Morgan fingerprint density at radius 2 is 1.95 bits per heavy atom. The number of hydrogen-bond acceptors (Lipinski definition) is 6. The Balaban J connectivity index is 1.82. The van der Waals surface area contributed by atoms with Crippen LogP contribution in [0.1, 0.15) is 50.7 Å². The van der Waals surface area contributed by atoms with Gasteiger partial charge in [0.2, 0.25) is 5.91 Å². The van der Waals surface area contributed by atoms with E-state index in [1.54, 1.807) is 33.7 Å². The maximum absolute atomic E-state index is 14.9. The fraction of sp³-hybridized carbons (Fsp3) is 0.594. The molecule has 2 amide bonds. The van der Waals surface area contributed by atoms with Crippen LogP contribution in [-0.4, -0.2) is 74.5 Å². The minimum absolute atomic E-state index is 0.0525. The summed E-state index contributed by atoms with van der Waals surface area (Å²) in [6, 6.07) is 4.52. The standard InChI is InChI=1S/C32H43BrN2O5S/c1-7-9-10-15-40-31(39)24-25-29(37)35(22(18-36)16-19(3)4)28(32(25)17-23(33)27(24)41-32)30(38)34(14-8-2)26-20(5)12-11-13-21(26)6/h7-8,11-13,19,22-25,27-28,36H,1-2,9-10,14-18H2,3-6H3/t22-,23?,24-,25+,27-,28?,32?/m1/s1. The van der Waals surface area contributed by atoms with Gasteiger partial charge in [0, 0.05) is 22.3 Å². The Morgan fingerprint density at radius 1 is 1.27 bits per heavy atom. The van der Waals surface area contributed by atoms with Crippen molar-refractivity contribution in [1.29, 1.82) is 0 Å². The number of esters is 1. The highest BCUT2D eigenvalue weighted by molar-refractivity contribution is 9.09. The molecule has 4 rings (SSSR count). The second kappa shape index (κ2) is 13.0. The zero-order valence-corrected chi connectivity index (χ0v) is 27.0. The number of aryl methyl sites for hydroxylation is 2. The second-order valence-electron chi connectivity index (χ2n) is 12.0. The monoisotopic (exact) mass is 646 g/mol. The van der Waals surface area contributed by atoms with Gasteiger partial charge in [0.05, 0.1) is 35.8 Å². The van der Waals surface area contributed by atoms with Crippen LogP contribution in [0.15, 0.2) is 43.5 Å². The van der Waals surface area contributed by atoms with E-state index in [0.29, 0.717) is 19.3 Å². The molecule has 1 N–H and O–H groups in total. The Morgan fingerprint density at radius 3 is 2.54 bits per heavy atom. The van der Waals surface area contributed by atoms with Gasteiger partial charge in [-0.1, -0.05) is 60.1 Å². The molecule has 1 aromatic rings. The van der Waals surface area contributed by atoms with Crippen molar-refractivity contribution in [2.75, 3.05) is 24.7 Å². The number of nitrogens with zero attached hydrogens (tertiary/aromatic N) is 2. The van der Waals surface area contributed by atoms with Gasteiger partial charge in [-0.3, -0.25) is 14.4 Å². The van der Waals surface area contributed by atoms with Gasteiger partial charge in [-0.05, 0) is 56.6 Å². The first-order valence-electron chi connectivity index (χ1n) is 14.5. The first-order chi connectivity index (χ1) is 19.5. The van der Waals surface area contributed by atoms with Crippen molar-refractivity contribution >= 4 is 51.2 Å². The van der Waals surface area contributed by atoms with Crippen molar-refractivity contribution in [1.82, 2.24) is 4.90 Å². The number of rotatable bonds is 13. The molecule has 3 aliphatic heterocycles. The molecule has 7 nitrogen and oxygen atoms in total. The maximum Gasteiger partial charge on any atom is 0.310 e. The van der Waals surface area contributed by atoms with Crippen LogP contribution in [-0.2, 0) is 19.1 Å². The summed E-state index contributed by atoms with van der Waals surface area (Å²) < 4.78 is 4.88. The highest BCUT2D eigenvalue weighted by Crippen LogP contribution is 2.68. The maximum atomic E-state index is 14.9. The van der Waals surface area contributed by atoms with E-state index in [9.17, 15) is 19.5 Å². The van der Waals surface area contributed by atoms with Crippen LogP contribution < -0.4 is 4.90 Å². The Labute approximate surface area is 256 Å². The Hall–Kier alpha value is -2.10. The number of halogens is 1. The summed E-state index contributed by atoms with van der Waals surface area (Å²) in [5.41, 5.74) is 2.71. The molecule has 3 heterocycles. The first-order valence-corrected chi connectivity index (χ1v) is 16.3. The number of para-hydroxylation sites is 1. The third-order valence-electron chi connectivity index (χ3n) is 8.66. The van der Waals surface area contributed by atoms with E-state index in [-0.39, 0.29) is 53.5 Å². The molecule has 0 saturated carbocycles. The number of hydrogen-bond donors (Lipinski definition) is 1. The molecule has 1 spiro atoms. The summed E-state index contributed by atoms with van der Waals surface area (Å²) in [6.45, 7) is 16.0. The number of carbonyl (C=O) groups excluding carboxylic acids is 3. The van der Waals surface area contributed by atoms with Crippen LogP contribution in [0.5, 0.6) is 0 Å². The number of aliphatic hydroxyl groups excluding tert-OH is 1. The van der Waals surface area contributed by atoms with Crippen molar-refractivity contribution in [2.45, 2.75) is 80.3 Å². The van der Waals surface area contributed by atoms with E-state index in [0.717, 1.165) is 23.2 Å². The number of allylic oxidation sites excluding steroid dienone is 1. The van der Waals surface area contributed by atoms with Gasteiger partial charge in [-0.15, -0.1) is 24.9 Å². The van der Waals surface area contributed by atoms with Crippen LogP contribution >= 0.6 is 27.7 Å². The quantitative estimate of drug-likeness (QED) is 0.137. The molecule has 9 heteroatoms. The number of benzene rings is 1. The summed E-state index contributed by atoms with van der Waals surface area (Å²) in [5, 5.41) is 10.4. The molecule has 41 heavy (non-hydrogen) atoms. The van der Waals surface area contributed by atoms with E-state index in [1.165, 1.54) is 0 Å². The second-order valence-corrected chi connectivity index (χ2v) is 14.7. The van der Waals surface area contributed by atoms with Crippen molar-refractivity contribution in [3.05, 3.63) is 54.6 Å². The average molecular weight is 648 g/mol. The molecule has 3 saturated heterocycles. The summed E-state index contributed by atoms with van der Waals surface area (Å²) in [7, 11) is 0. The Kier molecular flexibility index (Phi) is 10.1. The first kappa shape index (κ1) is 31.8. The van der Waals surface area contributed by atoms with Crippen LogP contribution in [0.2, 0.25) is 0 Å². The van der Waals surface area contributed by atoms with Gasteiger partial charge in [0.15, 0.2) is 0 Å². The van der Waals surface area contributed by atoms with Gasteiger partial charge in [-0.2, -0.15) is 0 Å². The van der Waals surface area contributed by atoms with Crippen LogP contribution in [0.4, 0.5) is 5.69 Å². The summed E-state index contributed by atoms with van der Waals surface area (Å²) >= 11 is 5.40. The SMILES string of the molecule is C=CCCCOC(=O)[C@H]1[C@@H]2SC3(CC2Br)C(C(=O)N(CC=C)c2c(C)cccc2C)N([C@@H](CO)CC(C)C)C(=O)[C@H]13. The number of alkyl halides is 1. The Bertz CT molecular complexity index is 1170. The lowest BCUT2D eigenvalue weighted by molar-refractivity contribution is -0.154. The van der Waals surface area contributed by atoms with Gasteiger partial charge in [0.1, 0.15) is 6.04 Å². The normalized spacial score (nSPS) is 29.0. The van der Waals surface area contributed by atoms with E-state index >= 15 is 0 Å². The van der Waals surface area contributed by atoms with Gasteiger partial charge in [-0.25, -0.2) is 0 Å². The lowest BCUT2D eigenvalue weighted by atomic mass is 9.71. The lowest BCUT2D eigenvalue weighted by Crippen LogP contribution is -2.58. The largest absolute Gasteiger partial charge is 0.465 e. The molecular weight excluding hydrogens is 604 g/mol. The van der Waals surface area contributed by atoms with Crippen LogP contribution in [0.3, 0.4) is 0 Å². The van der Waals surface area contributed by atoms with Gasteiger partial charge < -0.3 is 19.6 Å².